The predicted molar refractivity (Wildman–Crippen MR) is 105 cm³/mol. The molecule has 0 saturated heterocycles. The Morgan fingerprint density at radius 1 is 0.606 bits per heavy atom. The topological polar surface area (TPSA) is 62.1 Å². The van der Waals surface area contributed by atoms with Crippen molar-refractivity contribution in [1.29, 1.82) is 0 Å². The fraction of sp³-hybridized carbons (Fsp3) is 0.818. The molecule has 0 fully saturated rings. The molecule has 0 aromatic carbocycles. The Labute approximate surface area is 203 Å². The molecule has 0 amide bonds. The summed E-state index contributed by atoms with van der Waals surface area (Å²) in [6.07, 6.45) is 2.84. The van der Waals surface area contributed by atoms with Crippen LogP contribution in [0.3, 0.4) is 0 Å². The average Bonchev–Trinajstić information content (AvgIpc) is 2.32. The second kappa shape index (κ2) is 10.6. The van der Waals surface area contributed by atoms with E-state index in [9.17, 15) is 42.2 Å². The van der Waals surface area contributed by atoms with Gasteiger partial charge in [-0.3, -0.25) is 0 Å². The van der Waals surface area contributed by atoms with E-state index in [2.05, 4.69) is 8.80 Å². The van der Waals surface area contributed by atoms with E-state index in [4.69, 9.17) is 0 Å². The molecular weight excluding hydrogens is 805 g/mol. The second-order valence-electron chi connectivity index (χ2n) is 7.75. The van der Waals surface area contributed by atoms with Crippen LogP contribution in [-0.2, 0) is 39.0 Å². The molecule has 33 heavy (non-hydrogen) atoms. The van der Waals surface area contributed by atoms with Crippen molar-refractivity contribution >= 4 is 73.6 Å². The molecule has 0 unspecified atom stereocenters. The minimum atomic E-state index is -11.2. The zero-order chi connectivity index (χ0) is 27.4. The summed E-state index contributed by atoms with van der Waals surface area (Å²) in [5.41, 5.74) is 0. The van der Waals surface area contributed by atoms with E-state index in [1.165, 1.54) is 17.6 Å². The van der Waals surface area contributed by atoms with E-state index < -0.39 is 60.9 Å². The van der Waals surface area contributed by atoms with Crippen LogP contribution in [0.25, 0.3) is 0 Å². The van der Waals surface area contributed by atoms with Crippen LogP contribution in [0.1, 0.15) is 41.5 Å². The van der Waals surface area contributed by atoms with E-state index >= 15 is 0 Å². The maximum atomic E-state index is 11.6. The minimum absolute atomic E-state index is 0. The first-order valence-corrected chi connectivity index (χ1v) is 21.4. The molecule has 5 nitrogen and oxygen atoms in total. The van der Waals surface area contributed by atoms with Crippen LogP contribution in [0.2, 0.25) is 0 Å². The number of hydrogen-bond donors (Lipinski definition) is 0. The van der Waals surface area contributed by atoms with Crippen LogP contribution in [0.4, 0.5) is 33.8 Å². The molecule has 211 valence electrons. The molecule has 0 aliphatic carbocycles. The molecule has 2 atom stereocenters. The van der Waals surface area contributed by atoms with Crippen molar-refractivity contribution in [1.82, 2.24) is 4.90 Å². The van der Waals surface area contributed by atoms with Crippen molar-refractivity contribution in [2.24, 2.45) is 8.80 Å². The molecule has 0 spiro atoms. The maximum absolute atomic E-state index is 11.6. The first-order valence-electron chi connectivity index (χ1n) is 7.62. The molecule has 0 N–H and O–H groups in total. The van der Waals surface area contributed by atoms with Crippen LogP contribution < -0.4 is 0 Å². The van der Waals surface area contributed by atoms with Gasteiger partial charge in [-0.25, -0.2) is 8.42 Å². The van der Waals surface area contributed by atoms with Crippen molar-refractivity contribution in [3.05, 3.63) is 0 Å². The van der Waals surface area contributed by atoms with Crippen molar-refractivity contribution in [2.45, 2.75) is 51.0 Å². The van der Waals surface area contributed by atoms with Gasteiger partial charge in [-0.2, -0.15) is 8.80 Å². The molecule has 1 radical (unpaired) electrons. The van der Waals surface area contributed by atoms with Gasteiger partial charge in [-0.05, 0) is 41.5 Å². The van der Waals surface area contributed by atoms with Gasteiger partial charge in [0.2, 0.25) is 0 Å². The van der Waals surface area contributed by atoms with E-state index in [0.717, 1.165) is 0 Å². The molecule has 0 aliphatic rings. The first-order chi connectivity index (χ1) is 12.8. The Morgan fingerprint density at radius 3 is 0.879 bits per heavy atom. The monoisotopic (exact) mass is 826 g/mol. The summed E-state index contributed by atoms with van der Waals surface area (Å²) < 4.78 is 149. The molecule has 0 rings (SSSR count). The molecule has 0 aromatic rings. The summed E-state index contributed by atoms with van der Waals surface area (Å²) in [6, 6.07) is 0. The summed E-state index contributed by atoms with van der Waals surface area (Å²) in [5.74, 6) is 0. The third-order valence-electron chi connectivity index (χ3n) is 1.70. The third kappa shape index (κ3) is 59.8. The molecule has 0 saturated carbocycles. The zero-order valence-electron chi connectivity index (χ0n) is 17.9. The Kier molecular flexibility index (Phi) is 13.2. The molecule has 0 aromatic heterocycles. The summed E-state index contributed by atoms with van der Waals surface area (Å²) in [7, 11) is -0.897. The van der Waals surface area contributed by atoms with Crippen LogP contribution in [-0.4, -0.2) is 81.5 Å². The van der Waals surface area contributed by atoms with Crippen molar-refractivity contribution in [2.75, 3.05) is 7.05 Å². The van der Waals surface area contributed by atoms with Crippen molar-refractivity contribution in [3.63, 3.8) is 0 Å². The molecular formula is C11H23CuF12N3O2S2Sb2. The van der Waals surface area contributed by atoms with E-state index in [-0.39, 0.29) is 26.6 Å². The number of halogens is 12. The van der Waals surface area contributed by atoms with Gasteiger partial charge in [0.1, 0.15) is 34.6 Å². The average molecular weight is 829 g/mol. The number of rotatable bonds is 4. The van der Waals surface area contributed by atoms with Gasteiger partial charge in [0.05, 0.1) is 9.49 Å². The SMILES string of the molecule is CN(/C=N/[S@](=O)C(C)(C)C)/C=N/[S@](=O)C(C)(C)C.[Cu+2].[F][Sb-]([F])([F])([F])([F])[F].[F][Sb-]([F])([F])([F])([F])[F]. The standard InChI is InChI=1S/C11H23N3O2S2.Cu.12FH.2Sb/c1-10(2,3)17(15)12-8-14(7)9-13-18(16)11(4,5)6;;;;;;;;;;;;;;;/h8-9H,1-7H3;;12*1H;;/q;+2;;;;;;;;;;;;;2*+5/p-12/b12-8+,13-9+;;;;;;;;;;;;;;;/t17-,18-;;;;;;;;;;;;;;;/m1.............../s1. The molecule has 0 aliphatic heterocycles. The number of nitrogens with zero attached hydrogens (tertiary/aromatic N) is 3. The fourth-order valence-corrected chi connectivity index (χ4v) is 1.68. The quantitative estimate of drug-likeness (QED) is 0.148. The van der Waals surface area contributed by atoms with Gasteiger partial charge < -0.3 is 4.90 Å². The molecule has 0 heterocycles. The van der Waals surface area contributed by atoms with Gasteiger partial charge in [0.25, 0.3) is 0 Å². The summed E-state index contributed by atoms with van der Waals surface area (Å²) in [5, 5.41) is 0. The van der Waals surface area contributed by atoms with Crippen LogP contribution in [0, 0.1) is 0 Å². The van der Waals surface area contributed by atoms with Gasteiger partial charge in [0.15, 0.2) is 0 Å². The van der Waals surface area contributed by atoms with Crippen molar-refractivity contribution in [3.8, 4) is 0 Å². The predicted octanol–water partition coefficient (Wildman–Crippen LogP) is 6.18. The molecule has 0 bridgehead atoms. The van der Waals surface area contributed by atoms with Gasteiger partial charge in [-0.15, -0.1) is 0 Å². The Bertz CT molecular complexity index is 669. The van der Waals surface area contributed by atoms with E-state index in [1.807, 2.05) is 41.5 Å². The third-order valence-corrected chi connectivity index (χ3v) is 4.36. The van der Waals surface area contributed by atoms with Gasteiger partial charge in [-0.1, -0.05) is 0 Å². The summed E-state index contributed by atoms with van der Waals surface area (Å²) in [4.78, 5) is 1.54. The van der Waals surface area contributed by atoms with Crippen LogP contribution in [0.15, 0.2) is 8.80 Å². The Morgan fingerprint density at radius 2 is 0.758 bits per heavy atom. The number of hydrogen-bond acceptors (Lipinski definition) is 2. The second-order valence-corrected chi connectivity index (χ2v) is 22.6. The zero-order valence-corrected chi connectivity index (χ0v) is 25.5. The van der Waals surface area contributed by atoms with Gasteiger partial charge >= 0.3 is 89.8 Å². The van der Waals surface area contributed by atoms with E-state index in [1.54, 1.807) is 7.05 Å². The van der Waals surface area contributed by atoms with Crippen LogP contribution in [0.5, 0.6) is 0 Å². The van der Waals surface area contributed by atoms with Crippen LogP contribution >= 0.6 is 0 Å². The fourth-order valence-electron chi connectivity index (χ4n) is 0.580. The first kappa shape index (κ1) is 40.9. The van der Waals surface area contributed by atoms with Crippen molar-refractivity contribution < 1.29 is 59.2 Å². The summed E-state index contributed by atoms with van der Waals surface area (Å²) in [6.45, 7) is 11.1. The van der Waals surface area contributed by atoms with E-state index in [0.29, 0.717) is 0 Å². The Hall–Kier alpha value is 0.756. The molecule has 22 heteroatoms. The Balaban J connectivity index is -0.000000231. The van der Waals surface area contributed by atoms with Gasteiger partial charge in [0, 0.05) is 7.05 Å². The summed E-state index contributed by atoms with van der Waals surface area (Å²) >= 11 is -22.5. The normalized spacial score (nSPS) is 19.2.